The van der Waals surface area contributed by atoms with Crippen LogP contribution in [0.25, 0.3) is 0 Å². The van der Waals surface area contributed by atoms with E-state index in [2.05, 4.69) is 4.98 Å². The second-order valence-corrected chi connectivity index (χ2v) is 4.86. The van der Waals surface area contributed by atoms with Gasteiger partial charge in [0.25, 0.3) is 0 Å². The fourth-order valence-corrected chi connectivity index (χ4v) is 2.05. The Morgan fingerprint density at radius 2 is 2.47 bits per heavy atom. The third-order valence-corrected chi connectivity index (χ3v) is 3.28. The molecule has 0 aliphatic carbocycles. The second kappa shape index (κ2) is 4.67. The molecule has 0 aliphatic heterocycles. The van der Waals surface area contributed by atoms with Crippen molar-refractivity contribution in [2.45, 2.75) is 16.8 Å². The quantitative estimate of drug-likeness (QED) is 0.764. The zero-order valence-electron chi connectivity index (χ0n) is 8.93. The second-order valence-electron chi connectivity index (χ2n) is 3.39. The van der Waals surface area contributed by atoms with Crippen LogP contribution in [0.15, 0.2) is 17.6 Å². The van der Waals surface area contributed by atoms with Gasteiger partial charge in [0, 0.05) is 26.6 Å². The highest BCUT2D eigenvalue weighted by Crippen LogP contribution is 2.31. The third kappa shape index (κ3) is 2.73. The highest BCUT2D eigenvalue weighted by Gasteiger charge is 2.36. The number of rotatable bonds is 5. The van der Waals surface area contributed by atoms with Crippen molar-refractivity contribution in [1.29, 1.82) is 0 Å². The van der Waals surface area contributed by atoms with Gasteiger partial charge in [-0.25, -0.2) is 4.98 Å². The van der Waals surface area contributed by atoms with Crippen LogP contribution in [0.1, 0.15) is 6.92 Å². The van der Waals surface area contributed by atoms with Crippen molar-refractivity contribution < 1.29 is 14.6 Å². The van der Waals surface area contributed by atoms with E-state index in [1.165, 1.54) is 18.9 Å². The molecule has 0 saturated carbocycles. The van der Waals surface area contributed by atoms with E-state index in [9.17, 15) is 4.79 Å². The molecule has 1 atom stereocenters. The molecule has 0 aromatic carbocycles. The molecular formula is C9H14N2O3S. The van der Waals surface area contributed by atoms with Gasteiger partial charge in [-0.2, -0.15) is 0 Å². The minimum Gasteiger partial charge on any atom is -0.480 e. The first kappa shape index (κ1) is 12.1. The van der Waals surface area contributed by atoms with Crippen molar-refractivity contribution >= 4 is 17.7 Å². The lowest BCUT2D eigenvalue weighted by Crippen LogP contribution is -2.36. The van der Waals surface area contributed by atoms with Gasteiger partial charge in [-0.05, 0) is 6.92 Å². The fourth-order valence-electron chi connectivity index (χ4n) is 1.06. The Labute approximate surface area is 92.5 Å². The van der Waals surface area contributed by atoms with E-state index < -0.39 is 10.7 Å². The largest absolute Gasteiger partial charge is 0.480 e. The Hall–Kier alpha value is -1.01. The van der Waals surface area contributed by atoms with Gasteiger partial charge in [0.15, 0.2) is 5.16 Å². The van der Waals surface area contributed by atoms with Crippen molar-refractivity contribution in [3.63, 3.8) is 0 Å². The maximum Gasteiger partial charge on any atom is 0.322 e. The molecule has 0 fully saturated rings. The Morgan fingerprint density at radius 1 is 1.80 bits per heavy atom. The third-order valence-electron chi connectivity index (χ3n) is 1.97. The molecule has 6 heteroatoms. The number of aliphatic carboxylic acids is 1. The molecule has 1 rings (SSSR count). The smallest absolute Gasteiger partial charge is 0.322 e. The summed E-state index contributed by atoms with van der Waals surface area (Å²) in [4.78, 5) is 15.2. The number of aromatic nitrogens is 2. The first-order valence-electron chi connectivity index (χ1n) is 4.38. The number of thioether (sulfide) groups is 1. The van der Waals surface area contributed by atoms with Crippen LogP contribution in [0.2, 0.25) is 0 Å². The van der Waals surface area contributed by atoms with E-state index in [0.29, 0.717) is 5.16 Å². The van der Waals surface area contributed by atoms with Gasteiger partial charge in [0.1, 0.15) is 4.75 Å². The van der Waals surface area contributed by atoms with Gasteiger partial charge < -0.3 is 14.4 Å². The van der Waals surface area contributed by atoms with Gasteiger partial charge in [0.05, 0.1) is 6.61 Å². The zero-order chi connectivity index (χ0) is 11.5. The summed E-state index contributed by atoms with van der Waals surface area (Å²) in [5.41, 5.74) is 0. The highest BCUT2D eigenvalue weighted by atomic mass is 32.2. The summed E-state index contributed by atoms with van der Waals surface area (Å²) in [7, 11) is 3.31. The lowest BCUT2D eigenvalue weighted by molar-refractivity contribution is -0.140. The molecule has 0 saturated heterocycles. The zero-order valence-corrected chi connectivity index (χ0v) is 9.74. The fraction of sp³-hybridized carbons (Fsp3) is 0.556. The molecule has 1 aromatic heterocycles. The summed E-state index contributed by atoms with van der Waals surface area (Å²) in [5.74, 6) is -0.905. The average molecular weight is 230 g/mol. The number of hydrogen-bond acceptors (Lipinski definition) is 4. The lowest BCUT2D eigenvalue weighted by atomic mass is 10.2. The number of methoxy groups -OCH3 is 1. The number of imidazole rings is 1. The average Bonchev–Trinajstić information content (AvgIpc) is 2.52. The minimum atomic E-state index is -1.01. The van der Waals surface area contributed by atoms with E-state index in [4.69, 9.17) is 9.84 Å². The molecule has 84 valence electrons. The van der Waals surface area contributed by atoms with Gasteiger partial charge in [-0.3, -0.25) is 4.79 Å². The van der Waals surface area contributed by atoms with Gasteiger partial charge in [0.2, 0.25) is 0 Å². The van der Waals surface area contributed by atoms with Gasteiger partial charge in [-0.1, -0.05) is 11.8 Å². The summed E-state index contributed by atoms with van der Waals surface area (Å²) < 4.78 is 5.69. The topological polar surface area (TPSA) is 64.4 Å². The molecule has 5 nitrogen and oxygen atoms in total. The van der Waals surface area contributed by atoms with Crippen LogP contribution in [0.3, 0.4) is 0 Å². The summed E-state index contributed by atoms with van der Waals surface area (Å²) in [6.07, 6.45) is 3.41. The summed E-state index contributed by atoms with van der Waals surface area (Å²) in [5, 5.41) is 9.78. The number of carboxylic acids is 1. The van der Waals surface area contributed by atoms with E-state index >= 15 is 0 Å². The highest BCUT2D eigenvalue weighted by molar-refractivity contribution is 8.01. The van der Waals surface area contributed by atoms with Gasteiger partial charge >= 0.3 is 5.97 Å². The van der Waals surface area contributed by atoms with Crippen LogP contribution in [-0.4, -0.2) is 39.1 Å². The standard InChI is InChI=1S/C9H14N2O3S/c1-9(6-14-3,7(12)13)15-8-10-4-5-11(8)2/h4-5H,6H2,1-3H3,(H,12,13). The van der Waals surface area contributed by atoms with E-state index in [1.54, 1.807) is 23.9 Å². The first-order chi connectivity index (χ1) is 6.99. The van der Waals surface area contributed by atoms with Crippen molar-refractivity contribution in [1.82, 2.24) is 9.55 Å². The molecule has 1 heterocycles. The van der Waals surface area contributed by atoms with Crippen LogP contribution < -0.4 is 0 Å². The van der Waals surface area contributed by atoms with Crippen molar-refractivity contribution in [3.05, 3.63) is 12.4 Å². The molecule has 1 unspecified atom stereocenters. The van der Waals surface area contributed by atoms with Crippen LogP contribution in [0, 0.1) is 0 Å². The molecule has 0 amide bonds. The summed E-state index contributed by atoms with van der Waals surface area (Å²) in [6, 6.07) is 0. The van der Waals surface area contributed by atoms with Crippen LogP contribution in [0.5, 0.6) is 0 Å². The number of aryl methyl sites for hydroxylation is 1. The molecule has 1 N–H and O–H groups in total. The molecule has 1 aromatic rings. The normalized spacial score (nSPS) is 14.9. The predicted octanol–water partition coefficient (Wildman–Crippen LogP) is 1.00. The monoisotopic (exact) mass is 230 g/mol. The van der Waals surface area contributed by atoms with Crippen LogP contribution >= 0.6 is 11.8 Å². The molecule has 0 radical (unpaired) electrons. The number of ether oxygens (including phenoxy) is 1. The molecule has 0 bridgehead atoms. The van der Waals surface area contributed by atoms with Crippen molar-refractivity contribution in [3.8, 4) is 0 Å². The maximum atomic E-state index is 11.1. The Kier molecular flexibility index (Phi) is 3.76. The van der Waals surface area contributed by atoms with Crippen LogP contribution in [-0.2, 0) is 16.6 Å². The van der Waals surface area contributed by atoms with Gasteiger partial charge in [-0.15, -0.1) is 0 Å². The number of carboxylic acid groups (broad SMARTS) is 1. The first-order valence-corrected chi connectivity index (χ1v) is 5.20. The van der Waals surface area contributed by atoms with E-state index in [0.717, 1.165) is 0 Å². The van der Waals surface area contributed by atoms with Crippen molar-refractivity contribution in [2.75, 3.05) is 13.7 Å². The number of nitrogens with zero attached hydrogens (tertiary/aromatic N) is 2. The molecule has 15 heavy (non-hydrogen) atoms. The Morgan fingerprint density at radius 3 is 2.87 bits per heavy atom. The molecular weight excluding hydrogens is 216 g/mol. The summed E-state index contributed by atoms with van der Waals surface area (Å²) in [6.45, 7) is 1.76. The predicted molar refractivity (Wildman–Crippen MR) is 57.0 cm³/mol. The molecule has 0 spiro atoms. The van der Waals surface area contributed by atoms with E-state index in [-0.39, 0.29) is 6.61 Å². The number of carbonyl (C=O) groups is 1. The lowest BCUT2D eigenvalue weighted by Gasteiger charge is -2.22. The number of hydrogen-bond donors (Lipinski definition) is 1. The SMILES string of the molecule is COCC(C)(Sc1nccn1C)C(=O)O. The van der Waals surface area contributed by atoms with E-state index in [1.807, 2.05) is 7.05 Å². The minimum absolute atomic E-state index is 0.139. The maximum absolute atomic E-state index is 11.1. The Bertz CT molecular complexity index is 353. The Balaban J connectivity index is 2.84. The van der Waals surface area contributed by atoms with Crippen molar-refractivity contribution in [2.24, 2.45) is 7.05 Å². The summed E-state index contributed by atoms with van der Waals surface area (Å²) >= 11 is 1.18. The molecule has 0 aliphatic rings. The van der Waals surface area contributed by atoms with Crippen LogP contribution in [0.4, 0.5) is 0 Å².